The highest BCUT2D eigenvalue weighted by atomic mass is 32.2. The van der Waals surface area contributed by atoms with E-state index in [1.165, 1.54) is 6.20 Å². The fourth-order valence-electron chi connectivity index (χ4n) is 1.45. The van der Waals surface area contributed by atoms with E-state index in [1.54, 1.807) is 18.5 Å². The van der Waals surface area contributed by atoms with Crippen molar-refractivity contribution in [3.05, 3.63) is 48.5 Å². The van der Waals surface area contributed by atoms with Crippen molar-refractivity contribution in [1.82, 2.24) is 9.97 Å². The standard InChI is InChI=1S/C12H13N3OS/c13-11-9-14-7-4-12(11)17(16)8-5-10-3-1-2-6-15-10/h1-4,6-7,9H,5,8,13H2. The summed E-state index contributed by atoms with van der Waals surface area (Å²) >= 11 is 0. The second kappa shape index (κ2) is 5.54. The average Bonchev–Trinajstić information content (AvgIpc) is 2.38. The number of nitrogens with zero attached hydrogens (tertiary/aromatic N) is 2. The van der Waals surface area contributed by atoms with Gasteiger partial charge in [0.15, 0.2) is 0 Å². The summed E-state index contributed by atoms with van der Waals surface area (Å²) in [6.07, 6.45) is 5.53. The first kappa shape index (κ1) is 11.7. The van der Waals surface area contributed by atoms with E-state index in [1.807, 2.05) is 18.2 Å². The molecule has 0 aliphatic carbocycles. The van der Waals surface area contributed by atoms with Gasteiger partial charge in [0.05, 0.1) is 27.6 Å². The van der Waals surface area contributed by atoms with Crippen molar-refractivity contribution in [1.29, 1.82) is 0 Å². The molecule has 2 aromatic heterocycles. The predicted octanol–water partition coefficient (Wildman–Crippen LogP) is 1.41. The minimum atomic E-state index is -1.10. The van der Waals surface area contributed by atoms with Crippen molar-refractivity contribution in [3.63, 3.8) is 0 Å². The minimum Gasteiger partial charge on any atom is -0.396 e. The zero-order chi connectivity index (χ0) is 12.1. The molecule has 0 bridgehead atoms. The van der Waals surface area contributed by atoms with Crippen LogP contribution in [0.25, 0.3) is 0 Å². The summed E-state index contributed by atoms with van der Waals surface area (Å²) < 4.78 is 12.0. The average molecular weight is 247 g/mol. The molecule has 2 aromatic rings. The Morgan fingerprint density at radius 1 is 1.24 bits per heavy atom. The molecular formula is C12H13N3OS. The summed E-state index contributed by atoms with van der Waals surface area (Å²) in [7, 11) is -1.10. The molecule has 1 unspecified atom stereocenters. The van der Waals surface area contributed by atoms with Crippen molar-refractivity contribution in [2.24, 2.45) is 0 Å². The van der Waals surface area contributed by atoms with Crippen LogP contribution in [0.5, 0.6) is 0 Å². The molecule has 17 heavy (non-hydrogen) atoms. The highest BCUT2D eigenvalue weighted by molar-refractivity contribution is 7.85. The number of aromatic nitrogens is 2. The molecule has 0 spiro atoms. The Morgan fingerprint density at radius 3 is 2.82 bits per heavy atom. The molecule has 2 N–H and O–H groups in total. The molecule has 0 aromatic carbocycles. The van der Waals surface area contributed by atoms with Gasteiger partial charge in [0.25, 0.3) is 0 Å². The largest absolute Gasteiger partial charge is 0.396 e. The van der Waals surface area contributed by atoms with Crippen LogP contribution in [0.4, 0.5) is 5.69 Å². The van der Waals surface area contributed by atoms with Gasteiger partial charge in [0.2, 0.25) is 0 Å². The lowest BCUT2D eigenvalue weighted by molar-refractivity contribution is 0.682. The molecule has 0 aliphatic rings. The molecular weight excluding hydrogens is 234 g/mol. The van der Waals surface area contributed by atoms with E-state index in [9.17, 15) is 4.21 Å². The number of nitrogens with two attached hydrogens (primary N) is 1. The third kappa shape index (κ3) is 3.10. The first-order valence-electron chi connectivity index (χ1n) is 5.25. The van der Waals surface area contributed by atoms with E-state index in [-0.39, 0.29) is 0 Å². The Morgan fingerprint density at radius 2 is 2.12 bits per heavy atom. The zero-order valence-corrected chi connectivity index (χ0v) is 10.1. The molecule has 1 atom stereocenters. The van der Waals surface area contributed by atoms with Crippen LogP contribution in [-0.2, 0) is 17.2 Å². The third-order valence-corrected chi connectivity index (χ3v) is 3.76. The topological polar surface area (TPSA) is 68.9 Å². The molecule has 0 saturated carbocycles. The van der Waals surface area contributed by atoms with Crippen LogP contribution in [0.3, 0.4) is 0 Å². The molecule has 0 saturated heterocycles. The van der Waals surface area contributed by atoms with E-state index in [0.29, 0.717) is 22.8 Å². The summed E-state index contributed by atoms with van der Waals surface area (Å²) in [5.74, 6) is 0.519. The van der Waals surface area contributed by atoms with Crippen LogP contribution in [0.1, 0.15) is 5.69 Å². The van der Waals surface area contributed by atoms with Gasteiger partial charge in [-0.1, -0.05) is 6.07 Å². The Bertz CT molecular complexity index is 516. The van der Waals surface area contributed by atoms with Gasteiger partial charge >= 0.3 is 0 Å². The molecule has 88 valence electrons. The summed E-state index contributed by atoms with van der Waals surface area (Å²) in [6, 6.07) is 7.41. The van der Waals surface area contributed by atoms with Crippen LogP contribution >= 0.6 is 0 Å². The molecule has 2 heterocycles. The number of pyridine rings is 2. The quantitative estimate of drug-likeness (QED) is 0.887. The minimum absolute atomic E-state index is 0.479. The summed E-state index contributed by atoms with van der Waals surface area (Å²) in [6.45, 7) is 0. The second-order valence-corrected chi connectivity index (χ2v) is 5.07. The number of nitrogen functional groups attached to an aromatic ring is 1. The van der Waals surface area contributed by atoms with Crippen LogP contribution in [-0.4, -0.2) is 19.9 Å². The fourth-order valence-corrected chi connectivity index (χ4v) is 2.60. The maximum Gasteiger partial charge on any atom is 0.0664 e. The lowest BCUT2D eigenvalue weighted by atomic mass is 10.3. The normalized spacial score (nSPS) is 12.2. The lowest BCUT2D eigenvalue weighted by Crippen LogP contribution is -2.05. The highest BCUT2D eigenvalue weighted by Gasteiger charge is 2.07. The summed E-state index contributed by atoms with van der Waals surface area (Å²) in [4.78, 5) is 8.71. The van der Waals surface area contributed by atoms with Gasteiger partial charge in [-0.25, -0.2) is 0 Å². The summed E-state index contributed by atoms with van der Waals surface area (Å²) in [5.41, 5.74) is 7.14. The van der Waals surface area contributed by atoms with Crippen LogP contribution in [0.15, 0.2) is 47.8 Å². The monoisotopic (exact) mass is 247 g/mol. The van der Waals surface area contributed by atoms with Crippen molar-refractivity contribution in [2.45, 2.75) is 11.3 Å². The Kier molecular flexibility index (Phi) is 3.82. The van der Waals surface area contributed by atoms with Crippen molar-refractivity contribution >= 4 is 16.5 Å². The molecule has 0 amide bonds. The highest BCUT2D eigenvalue weighted by Crippen LogP contribution is 2.14. The van der Waals surface area contributed by atoms with Crippen LogP contribution in [0, 0.1) is 0 Å². The molecule has 0 fully saturated rings. The number of anilines is 1. The van der Waals surface area contributed by atoms with Gasteiger partial charge in [0.1, 0.15) is 0 Å². The van der Waals surface area contributed by atoms with E-state index in [0.717, 1.165) is 5.69 Å². The van der Waals surface area contributed by atoms with E-state index in [2.05, 4.69) is 9.97 Å². The molecule has 0 radical (unpaired) electrons. The van der Waals surface area contributed by atoms with E-state index in [4.69, 9.17) is 5.73 Å². The van der Waals surface area contributed by atoms with Gasteiger partial charge in [-0.3, -0.25) is 14.2 Å². The first-order valence-corrected chi connectivity index (χ1v) is 6.57. The van der Waals surface area contributed by atoms with Crippen molar-refractivity contribution < 1.29 is 4.21 Å². The maximum absolute atomic E-state index is 12.0. The first-order chi connectivity index (χ1) is 8.27. The molecule has 5 heteroatoms. The van der Waals surface area contributed by atoms with Gasteiger partial charge in [-0.15, -0.1) is 0 Å². The number of rotatable bonds is 4. The Hall–Kier alpha value is -1.75. The van der Waals surface area contributed by atoms with E-state index >= 15 is 0 Å². The van der Waals surface area contributed by atoms with Gasteiger partial charge in [-0.05, 0) is 18.2 Å². The lowest BCUT2D eigenvalue weighted by Gasteiger charge is -2.04. The SMILES string of the molecule is Nc1cnccc1S(=O)CCc1ccccn1. The third-order valence-electron chi connectivity index (χ3n) is 2.33. The molecule has 0 aliphatic heterocycles. The van der Waals surface area contributed by atoms with Crippen molar-refractivity contribution in [2.75, 3.05) is 11.5 Å². The predicted molar refractivity (Wildman–Crippen MR) is 67.9 cm³/mol. The molecule has 2 rings (SSSR count). The second-order valence-electron chi connectivity index (χ2n) is 3.53. The fraction of sp³-hybridized carbons (Fsp3) is 0.167. The van der Waals surface area contributed by atoms with Crippen molar-refractivity contribution in [3.8, 4) is 0 Å². The Balaban J connectivity index is 2.01. The van der Waals surface area contributed by atoms with Crippen LogP contribution < -0.4 is 5.73 Å². The van der Waals surface area contributed by atoms with Gasteiger partial charge in [0, 0.05) is 30.3 Å². The Labute approximate surface area is 102 Å². The van der Waals surface area contributed by atoms with Crippen LogP contribution in [0.2, 0.25) is 0 Å². The maximum atomic E-state index is 12.0. The number of hydrogen-bond donors (Lipinski definition) is 1. The smallest absolute Gasteiger partial charge is 0.0664 e. The van der Waals surface area contributed by atoms with Gasteiger partial charge < -0.3 is 5.73 Å². The number of aryl methyl sites for hydroxylation is 1. The summed E-state index contributed by atoms with van der Waals surface area (Å²) in [5, 5.41) is 0. The van der Waals surface area contributed by atoms with Gasteiger partial charge in [-0.2, -0.15) is 0 Å². The number of hydrogen-bond acceptors (Lipinski definition) is 4. The molecule has 4 nitrogen and oxygen atoms in total. The zero-order valence-electron chi connectivity index (χ0n) is 9.24. The van der Waals surface area contributed by atoms with E-state index < -0.39 is 10.8 Å².